The number of nitrogens with one attached hydrogen (secondary N) is 2. The van der Waals surface area contributed by atoms with Gasteiger partial charge in [-0.3, -0.25) is 4.79 Å². The maximum absolute atomic E-state index is 12.4. The summed E-state index contributed by atoms with van der Waals surface area (Å²) in [7, 11) is 0. The molecule has 0 aliphatic rings. The number of nitrogens with zero attached hydrogens (tertiary/aromatic N) is 3. The number of H-pyrrole nitrogens is 1. The summed E-state index contributed by atoms with van der Waals surface area (Å²) in [6.07, 6.45) is 2.89. The van der Waals surface area contributed by atoms with Crippen LogP contribution in [0.4, 0.5) is 5.69 Å². The second-order valence-corrected chi connectivity index (χ2v) is 5.03. The number of carbonyl (C=O) groups excluding carboxylic acids is 1. The Morgan fingerprint density at radius 1 is 1.29 bits per heavy atom. The Morgan fingerprint density at radius 2 is 2.10 bits per heavy atom. The monoisotopic (exact) mass is 301 g/mol. The van der Waals surface area contributed by atoms with Crippen LogP contribution in [0.2, 0.25) is 5.15 Å². The van der Waals surface area contributed by atoms with Gasteiger partial charge in [-0.05, 0) is 31.5 Å². The molecule has 3 aromatic heterocycles. The highest BCUT2D eigenvalue weighted by Gasteiger charge is 2.17. The molecule has 0 saturated carbocycles. The second-order valence-electron chi connectivity index (χ2n) is 4.64. The topological polar surface area (TPSA) is 83.6 Å². The molecule has 3 aromatic rings. The Bertz CT molecular complexity index is 842. The molecule has 0 bridgehead atoms. The molecule has 0 aromatic carbocycles. The van der Waals surface area contributed by atoms with Crippen LogP contribution in [0.1, 0.15) is 21.7 Å². The number of hydrogen-bond acceptors (Lipinski definition) is 4. The first-order valence-corrected chi connectivity index (χ1v) is 6.67. The summed E-state index contributed by atoms with van der Waals surface area (Å²) in [6, 6.07) is 3.24. The molecule has 0 aliphatic heterocycles. The molecule has 0 atom stereocenters. The van der Waals surface area contributed by atoms with Crippen LogP contribution in [-0.4, -0.2) is 25.8 Å². The average molecular weight is 302 g/mol. The van der Waals surface area contributed by atoms with Gasteiger partial charge in [0.05, 0.1) is 5.39 Å². The molecule has 21 heavy (non-hydrogen) atoms. The lowest BCUT2D eigenvalue weighted by Gasteiger charge is -2.06. The van der Waals surface area contributed by atoms with E-state index in [0.29, 0.717) is 22.2 Å². The van der Waals surface area contributed by atoms with Crippen molar-refractivity contribution in [2.45, 2.75) is 13.8 Å². The van der Waals surface area contributed by atoms with Crippen molar-refractivity contribution < 1.29 is 4.79 Å². The van der Waals surface area contributed by atoms with E-state index >= 15 is 0 Å². The van der Waals surface area contributed by atoms with Crippen LogP contribution in [0.25, 0.3) is 11.0 Å². The van der Waals surface area contributed by atoms with Gasteiger partial charge in [-0.15, -0.1) is 0 Å². The molecule has 0 fully saturated rings. The van der Waals surface area contributed by atoms with Crippen LogP contribution in [0.15, 0.2) is 24.7 Å². The van der Waals surface area contributed by atoms with Gasteiger partial charge in [-0.1, -0.05) is 11.6 Å². The lowest BCUT2D eigenvalue weighted by atomic mass is 10.1. The maximum atomic E-state index is 12.4. The number of aromatic nitrogens is 4. The van der Waals surface area contributed by atoms with Gasteiger partial charge in [0, 0.05) is 17.6 Å². The van der Waals surface area contributed by atoms with E-state index < -0.39 is 0 Å². The Labute approximate surface area is 125 Å². The predicted molar refractivity (Wildman–Crippen MR) is 80.6 cm³/mol. The zero-order chi connectivity index (χ0) is 15.0. The molecule has 1 amide bonds. The third-order valence-corrected chi connectivity index (χ3v) is 3.50. The standard InChI is InChI=1S/C14H12ClN5O/c1-7-8(2)19-13-11(7)12(17-6-18-13)14(21)20-9-3-4-16-10(15)5-9/h3-6H,1-2H3,(H,16,20,21)(H,17,18,19). The van der Waals surface area contributed by atoms with Gasteiger partial charge in [-0.25, -0.2) is 15.0 Å². The Kier molecular flexibility index (Phi) is 3.31. The van der Waals surface area contributed by atoms with E-state index in [-0.39, 0.29) is 5.91 Å². The van der Waals surface area contributed by atoms with Gasteiger partial charge in [0.2, 0.25) is 0 Å². The lowest BCUT2D eigenvalue weighted by molar-refractivity contribution is 0.102. The lowest BCUT2D eigenvalue weighted by Crippen LogP contribution is -2.14. The van der Waals surface area contributed by atoms with Gasteiger partial charge in [-0.2, -0.15) is 0 Å². The Balaban J connectivity index is 2.02. The quantitative estimate of drug-likeness (QED) is 0.713. The molecule has 0 spiro atoms. The fourth-order valence-corrected chi connectivity index (χ4v) is 2.31. The highest BCUT2D eigenvalue weighted by Crippen LogP contribution is 2.23. The van der Waals surface area contributed by atoms with Crippen molar-refractivity contribution >= 4 is 34.2 Å². The van der Waals surface area contributed by atoms with Crippen molar-refractivity contribution in [3.63, 3.8) is 0 Å². The molecule has 7 heteroatoms. The van der Waals surface area contributed by atoms with Crippen LogP contribution in [0, 0.1) is 13.8 Å². The van der Waals surface area contributed by atoms with Crippen molar-refractivity contribution in [1.82, 2.24) is 19.9 Å². The first-order valence-electron chi connectivity index (χ1n) is 6.29. The minimum absolute atomic E-state index is 0.313. The van der Waals surface area contributed by atoms with Crippen molar-refractivity contribution in [2.24, 2.45) is 0 Å². The predicted octanol–water partition coefficient (Wildman–Crippen LogP) is 2.88. The number of hydrogen-bond donors (Lipinski definition) is 2. The molecule has 106 valence electrons. The van der Waals surface area contributed by atoms with Gasteiger partial charge in [0.1, 0.15) is 22.8 Å². The second kappa shape index (κ2) is 5.14. The maximum Gasteiger partial charge on any atom is 0.275 e. The highest BCUT2D eigenvalue weighted by molar-refractivity contribution is 6.29. The SMILES string of the molecule is Cc1[nH]c2ncnc(C(=O)Nc3ccnc(Cl)c3)c2c1C. The van der Waals surface area contributed by atoms with Crippen molar-refractivity contribution in [1.29, 1.82) is 0 Å². The van der Waals surface area contributed by atoms with Crippen LogP contribution < -0.4 is 5.32 Å². The average Bonchev–Trinajstić information content (AvgIpc) is 2.74. The largest absolute Gasteiger partial charge is 0.343 e. The summed E-state index contributed by atoms with van der Waals surface area (Å²) in [5.41, 5.74) is 3.47. The summed E-state index contributed by atoms with van der Waals surface area (Å²) in [4.78, 5) is 27.7. The summed E-state index contributed by atoms with van der Waals surface area (Å²) in [5, 5.41) is 3.80. The van der Waals surface area contributed by atoms with E-state index in [0.717, 1.165) is 16.6 Å². The van der Waals surface area contributed by atoms with Gasteiger partial charge in [0.15, 0.2) is 0 Å². The van der Waals surface area contributed by atoms with Gasteiger partial charge < -0.3 is 10.3 Å². The molecule has 6 nitrogen and oxygen atoms in total. The fraction of sp³-hybridized carbons (Fsp3) is 0.143. The first-order chi connectivity index (χ1) is 10.1. The van der Waals surface area contributed by atoms with E-state index in [2.05, 4.69) is 25.3 Å². The molecular formula is C14H12ClN5O. The van der Waals surface area contributed by atoms with E-state index in [1.807, 2.05) is 13.8 Å². The van der Waals surface area contributed by atoms with Gasteiger partial charge in [0.25, 0.3) is 5.91 Å². The smallest absolute Gasteiger partial charge is 0.275 e. The van der Waals surface area contributed by atoms with Crippen LogP contribution in [-0.2, 0) is 0 Å². The Morgan fingerprint density at radius 3 is 2.86 bits per heavy atom. The number of halogens is 1. The number of carbonyl (C=O) groups is 1. The van der Waals surface area contributed by atoms with E-state index in [9.17, 15) is 4.79 Å². The third kappa shape index (κ3) is 2.45. The highest BCUT2D eigenvalue weighted by atomic mass is 35.5. The van der Waals surface area contributed by atoms with Crippen molar-refractivity contribution in [3.05, 3.63) is 46.8 Å². The van der Waals surface area contributed by atoms with Crippen molar-refractivity contribution in [2.75, 3.05) is 5.32 Å². The number of rotatable bonds is 2. The summed E-state index contributed by atoms with van der Waals surface area (Å²) < 4.78 is 0. The van der Waals surface area contributed by atoms with Crippen LogP contribution >= 0.6 is 11.6 Å². The third-order valence-electron chi connectivity index (χ3n) is 3.29. The van der Waals surface area contributed by atoms with E-state index in [1.54, 1.807) is 12.1 Å². The molecular weight excluding hydrogens is 290 g/mol. The minimum Gasteiger partial charge on any atom is -0.343 e. The number of aromatic amines is 1. The molecule has 0 radical (unpaired) electrons. The molecule has 2 N–H and O–H groups in total. The van der Waals surface area contributed by atoms with Gasteiger partial charge >= 0.3 is 0 Å². The number of anilines is 1. The first kappa shape index (κ1) is 13.5. The van der Waals surface area contributed by atoms with Crippen molar-refractivity contribution in [3.8, 4) is 0 Å². The number of amides is 1. The number of fused-ring (bicyclic) bond motifs is 1. The zero-order valence-corrected chi connectivity index (χ0v) is 12.2. The molecule has 3 heterocycles. The zero-order valence-electron chi connectivity index (χ0n) is 11.4. The normalized spacial score (nSPS) is 10.8. The summed E-state index contributed by atoms with van der Waals surface area (Å²) >= 11 is 5.80. The number of pyridine rings is 1. The summed E-state index contributed by atoms with van der Waals surface area (Å²) in [6.45, 7) is 3.86. The molecule has 0 saturated heterocycles. The van der Waals surface area contributed by atoms with Crippen LogP contribution in [0.5, 0.6) is 0 Å². The molecule has 0 unspecified atom stereocenters. The van der Waals surface area contributed by atoms with E-state index in [1.165, 1.54) is 12.5 Å². The number of aryl methyl sites for hydroxylation is 2. The molecule has 3 rings (SSSR count). The fourth-order valence-electron chi connectivity index (χ4n) is 2.14. The summed E-state index contributed by atoms with van der Waals surface area (Å²) in [5.74, 6) is -0.313. The van der Waals surface area contributed by atoms with E-state index in [4.69, 9.17) is 11.6 Å². The minimum atomic E-state index is -0.313. The van der Waals surface area contributed by atoms with Crippen LogP contribution in [0.3, 0.4) is 0 Å². The molecule has 0 aliphatic carbocycles. The Hall–Kier alpha value is -2.47.